The molecule has 3 fully saturated rings. The molecule has 250 valence electrons. The third kappa shape index (κ3) is 7.03. The molecule has 5 rings (SSSR count). The van der Waals surface area contributed by atoms with E-state index in [-0.39, 0.29) is 24.2 Å². The molecule has 11 nitrogen and oxygen atoms in total. The van der Waals surface area contributed by atoms with Crippen molar-refractivity contribution in [2.75, 3.05) is 36.6 Å². The van der Waals surface area contributed by atoms with Crippen molar-refractivity contribution >= 4 is 38.9 Å². The van der Waals surface area contributed by atoms with E-state index < -0.39 is 32.7 Å². The number of rotatable bonds is 8. The number of hydrogen-bond donors (Lipinski definition) is 3. The average Bonchev–Trinajstić information content (AvgIpc) is 3.41. The summed E-state index contributed by atoms with van der Waals surface area (Å²) in [6.07, 6.45) is 6.97. The molecule has 1 aromatic rings. The first-order valence-corrected chi connectivity index (χ1v) is 18.7. The van der Waals surface area contributed by atoms with Crippen molar-refractivity contribution in [3.8, 4) is 0 Å². The highest BCUT2D eigenvalue weighted by molar-refractivity contribution is 8.12. The van der Waals surface area contributed by atoms with E-state index >= 15 is 0 Å². The molecule has 3 aliphatic heterocycles. The number of hydrogen-bond acceptors (Lipinski definition) is 6. The molecule has 4 amide bonds. The van der Waals surface area contributed by atoms with E-state index in [2.05, 4.69) is 17.6 Å². The molecule has 4 aliphatic rings. The van der Waals surface area contributed by atoms with Gasteiger partial charge >= 0.3 is 6.03 Å². The first-order valence-electron chi connectivity index (χ1n) is 16.3. The highest BCUT2D eigenvalue weighted by Crippen LogP contribution is 2.39. The lowest BCUT2D eigenvalue weighted by Crippen LogP contribution is -2.59. The Morgan fingerprint density at radius 2 is 1.67 bits per heavy atom. The fourth-order valence-electron chi connectivity index (χ4n) is 7.11. The Morgan fingerprint density at radius 3 is 2.24 bits per heavy atom. The summed E-state index contributed by atoms with van der Waals surface area (Å²) in [6, 6.07) is 2.31. The van der Waals surface area contributed by atoms with Crippen molar-refractivity contribution < 1.29 is 27.9 Å². The van der Waals surface area contributed by atoms with Gasteiger partial charge < -0.3 is 15.4 Å². The summed E-state index contributed by atoms with van der Waals surface area (Å²) in [6.45, 7) is 12.4. The van der Waals surface area contributed by atoms with Gasteiger partial charge in [-0.3, -0.25) is 19.1 Å². The fraction of sp³-hybridized carbons (Fsp3) is 0.697. The number of imide groups is 1. The van der Waals surface area contributed by atoms with Crippen molar-refractivity contribution in [3.63, 3.8) is 0 Å². The van der Waals surface area contributed by atoms with Gasteiger partial charge in [0.25, 0.3) is 11.8 Å². The van der Waals surface area contributed by atoms with Crippen LogP contribution in [0.5, 0.6) is 0 Å². The van der Waals surface area contributed by atoms with Crippen LogP contribution >= 0.6 is 0 Å². The predicted molar refractivity (Wildman–Crippen MR) is 177 cm³/mol. The second-order valence-electron chi connectivity index (χ2n) is 14.9. The van der Waals surface area contributed by atoms with E-state index in [1.54, 1.807) is 16.4 Å². The minimum Gasteiger partial charge on any atom is -0.373 e. The SMILES string of the molecule is Cc1cc(N2C(=O)NC(COC(C)(C)C)C2=O)cc(C)c1CCS(C)(=O)(O)N1CCC2(CC1)N=C(C1CCC(C)CC1)NC2=O. The van der Waals surface area contributed by atoms with Gasteiger partial charge in [0.15, 0.2) is 0 Å². The number of nitrogens with zero attached hydrogens (tertiary/aromatic N) is 3. The summed E-state index contributed by atoms with van der Waals surface area (Å²) in [5, 5.41) is 5.78. The minimum atomic E-state index is -4.21. The summed E-state index contributed by atoms with van der Waals surface area (Å²) in [7, 11) is -4.21. The lowest BCUT2D eigenvalue weighted by molar-refractivity contribution is -0.125. The van der Waals surface area contributed by atoms with E-state index in [1.165, 1.54) is 6.26 Å². The van der Waals surface area contributed by atoms with Crippen LogP contribution in [0.3, 0.4) is 0 Å². The van der Waals surface area contributed by atoms with Crippen LogP contribution in [0, 0.1) is 25.7 Å². The van der Waals surface area contributed by atoms with Gasteiger partial charge in [-0.05, 0) is 101 Å². The maximum atomic E-state index is 14.1. The van der Waals surface area contributed by atoms with Crippen LogP contribution in [0.4, 0.5) is 10.5 Å². The van der Waals surface area contributed by atoms with Crippen LogP contribution < -0.4 is 15.5 Å². The second kappa shape index (κ2) is 11.8. The molecule has 12 heteroatoms. The predicted octanol–water partition coefficient (Wildman–Crippen LogP) is 4.11. The molecule has 1 atom stereocenters. The number of aryl methyl sites for hydroxylation is 2. The standard InChI is InChI=1S/C33H51N5O6S/c1-21-8-10-24(11-9-21)28-35-30(40)33(36-28)13-15-37(16-14-33)45(7,42,43)17-12-26-22(2)18-25(19-23(26)3)38-29(39)27(34-31(38)41)20-44-32(4,5)6/h18-19,21,24,27H,8-17,20H2,1-7H3,(H,34,41)(H,42,43)(H,35,36,40). The zero-order chi connectivity index (χ0) is 33.0. The summed E-state index contributed by atoms with van der Waals surface area (Å²) in [4.78, 5) is 45.0. The lowest BCUT2D eigenvalue weighted by atomic mass is 9.82. The minimum absolute atomic E-state index is 0.0293. The Morgan fingerprint density at radius 1 is 1.07 bits per heavy atom. The number of ether oxygens (including phenoxy) is 1. The monoisotopic (exact) mass is 645 g/mol. The quantitative estimate of drug-likeness (QED) is 0.364. The zero-order valence-corrected chi connectivity index (χ0v) is 28.7. The van der Waals surface area contributed by atoms with Crippen molar-refractivity contribution in [2.45, 2.75) is 104 Å². The Bertz CT molecular complexity index is 1440. The normalized spacial score (nSPS) is 26.9. The topological polar surface area (TPSA) is 141 Å². The van der Waals surface area contributed by atoms with Crippen LogP contribution in [0.2, 0.25) is 0 Å². The summed E-state index contributed by atoms with van der Waals surface area (Å²) in [5.74, 6) is 1.41. The Kier molecular flexibility index (Phi) is 8.87. The van der Waals surface area contributed by atoms with Crippen molar-refractivity contribution in [1.82, 2.24) is 14.9 Å². The molecule has 0 aromatic heterocycles. The fourth-order valence-corrected chi connectivity index (χ4v) is 9.16. The van der Waals surface area contributed by atoms with Gasteiger partial charge in [0.1, 0.15) is 17.4 Å². The third-order valence-electron chi connectivity index (χ3n) is 10.1. The van der Waals surface area contributed by atoms with Crippen LogP contribution in [0.25, 0.3) is 0 Å². The average molecular weight is 646 g/mol. The molecule has 1 aliphatic carbocycles. The first-order chi connectivity index (χ1) is 20.9. The van der Waals surface area contributed by atoms with E-state index in [9.17, 15) is 23.1 Å². The number of nitrogens with one attached hydrogen (secondary N) is 2. The molecule has 45 heavy (non-hydrogen) atoms. The number of piperidine rings is 1. The Hall–Kier alpha value is -2.67. The van der Waals surface area contributed by atoms with Gasteiger partial charge in [0.2, 0.25) is 0 Å². The maximum absolute atomic E-state index is 14.1. The van der Waals surface area contributed by atoms with E-state index in [0.29, 0.717) is 49.9 Å². The van der Waals surface area contributed by atoms with E-state index in [0.717, 1.165) is 53.1 Å². The Labute approximate surface area is 267 Å². The molecule has 0 bridgehead atoms. The number of carbonyl (C=O) groups excluding carboxylic acids is 3. The summed E-state index contributed by atoms with van der Waals surface area (Å²) in [5.41, 5.74) is 1.76. The van der Waals surface area contributed by atoms with Crippen molar-refractivity contribution in [2.24, 2.45) is 16.8 Å². The molecule has 1 aromatic carbocycles. The molecule has 3 heterocycles. The van der Waals surface area contributed by atoms with Gasteiger partial charge in [0, 0.05) is 25.3 Å². The van der Waals surface area contributed by atoms with Crippen molar-refractivity contribution in [3.05, 3.63) is 28.8 Å². The number of amidine groups is 1. The number of urea groups is 1. The second-order valence-corrected chi connectivity index (χ2v) is 18.7. The number of carbonyl (C=O) groups is 3. The van der Waals surface area contributed by atoms with E-state index in [4.69, 9.17) is 9.73 Å². The highest BCUT2D eigenvalue weighted by Gasteiger charge is 2.49. The molecule has 3 N–H and O–H groups in total. The van der Waals surface area contributed by atoms with Crippen LogP contribution in [0.1, 0.15) is 82.9 Å². The van der Waals surface area contributed by atoms with Crippen LogP contribution in [0.15, 0.2) is 17.1 Å². The Balaban J connectivity index is 1.23. The number of amides is 4. The zero-order valence-electron chi connectivity index (χ0n) is 27.9. The number of benzene rings is 1. The van der Waals surface area contributed by atoms with Crippen molar-refractivity contribution in [1.29, 1.82) is 0 Å². The maximum Gasteiger partial charge on any atom is 0.329 e. The first kappa shape index (κ1) is 33.7. The molecule has 1 saturated carbocycles. The van der Waals surface area contributed by atoms with E-state index in [1.807, 2.05) is 34.6 Å². The molecule has 2 saturated heterocycles. The van der Waals surface area contributed by atoms with Crippen LogP contribution in [-0.2, 0) is 30.3 Å². The van der Waals surface area contributed by atoms with Gasteiger partial charge in [-0.1, -0.05) is 19.8 Å². The molecule has 0 radical (unpaired) electrons. The van der Waals surface area contributed by atoms with Gasteiger partial charge in [-0.25, -0.2) is 14.0 Å². The van der Waals surface area contributed by atoms with Gasteiger partial charge in [0.05, 0.1) is 23.6 Å². The summed E-state index contributed by atoms with van der Waals surface area (Å²) < 4.78 is 33.1. The molecule has 1 unspecified atom stereocenters. The van der Waals surface area contributed by atoms with Gasteiger partial charge in [-0.15, -0.1) is 9.53 Å². The smallest absolute Gasteiger partial charge is 0.329 e. The number of anilines is 1. The molecule has 1 spiro atoms. The number of aliphatic imine (C=N–C) groups is 1. The van der Waals surface area contributed by atoms with Crippen LogP contribution in [-0.4, -0.2) is 85.6 Å². The third-order valence-corrected chi connectivity index (χ3v) is 12.9. The summed E-state index contributed by atoms with van der Waals surface area (Å²) >= 11 is 0. The lowest BCUT2D eigenvalue weighted by Gasteiger charge is -2.52. The molecular formula is C33H51N5O6S. The highest BCUT2D eigenvalue weighted by atomic mass is 32.3. The molecular weight excluding hydrogens is 594 g/mol. The van der Waals surface area contributed by atoms with Gasteiger partial charge in [-0.2, -0.15) is 4.21 Å². The largest absolute Gasteiger partial charge is 0.373 e.